The average molecular weight is 281 g/mol. The number of anilines is 1. The molecule has 0 aliphatic carbocycles. The van der Waals surface area contributed by atoms with Crippen LogP contribution in [0.15, 0.2) is 24.4 Å². The largest absolute Gasteiger partial charge is 0.476 e. The normalized spacial score (nSPS) is 14.2. The van der Waals surface area contributed by atoms with Crippen molar-refractivity contribution in [2.75, 3.05) is 18.1 Å². The Kier molecular flexibility index (Phi) is 3.84. The molecule has 0 saturated heterocycles. The van der Waals surface area contributed by atoms with Gasteiger partial charge in [0.2, 0.25) is 0 Å². The molecule has 2 atom stereocenters. The maximum absolute atomic E-state index is 11.3. The Bertz CT molecular complexity index is 638. The van der Waals surface area contributed by atoms with Gasteiger partial charge in [0.15, 0.2) is 11.5 Å². The molecule has 7 heteroatoms. The molecule has 2 aromatic heterocycles. The number of carbonyl (C=O) groups is 1. The Hall–Kier alpha value is -1.89. The van der Waals surface area contributed by atoms with E-state index in [0.29, 0.717) is 18.0 Å². The third-order valence-corrected chi connectivity index (χ3v) is 4.16. The fourth-order valence-corrected chi connectivity index (χ4v) is 2.00. The van der Waals surface area contributed by atoms with Gasteiger partial charge in [-0.2, -0.15) is 0 Å². The summed E-state index contributed by atoms with van der Waals surface area (Å²) in [5.74, 6) is -0.748. The highest BCUT2D eigenvalue weighted by Crippen LogP contribution is 2.17. The van der Waals surface area contributed by atoms with E-state index in [1.807, 2.05) is 6.92 Å². The average Bonchev–Trinajstić information content (AvgIpc) is 2.73. The van der Waals surface area contributed by atoms with Gasteiger partial charge in [-0.25, -0.2) is 9.78 Å². The molecule has 102 valence electrons. The Morgan fingerprint density at radius 2 is 2.32 bits per heavy atom. The number of carboxylic acid groups (broad SMARTS) is 1. The Morgan fingerprint density at radius 1 is 1.58 bits per heavy atom. The smallest absolute Gasteiger partial charge is 0.356 e. The highest BCUT2D eigenvalue weighted by atomic mass is 32.2. The predicted molar refractivity (Wildman–Crippen MR) is 74.2 cm³/mol. The maximum Gasteiger partial charge on any atom is 0.356 e. The number of carboxylic acids is 1. The number of aromatic carboxylic acids is 1. The molecule has 2 aromatic rings. The van der Waals surface area contributed by atoms with E-state index < -0.39 is 16.8 Å². The van der Waals surface area contributed by atoms with Crippen molar-refractivity contribution < 1.29 is 14.1 Å². The van der Waals surface area contributed by atoms with E-state index in [1.54, 1.807) is 30.7 Å². The van der Waals surface area contributed by atoms with Crippen molar-refractivity contribution >= 4 is 28.2 Å². The van der Waals surface area contributed by atoms with E-state index >= 15 is 0 Å². The summed E-state index contributed by atoms with van der Waals surface area (Å²) < 4.78 is 12.8. The molecule has 0 spiro atoms. The summed E-state index contributed by atoms with van der Waals surface area (Å²) in [6.45, 7) is 2.24. The molecule has 0 fully saturated rings. The summed E-state index contributed by atoms with van der Waals surface area (Å²) in [6.07, 6.45) is 3.27. The molecule has 0 saturated carbocycles. The highest BCUT2D eigenvalue weighted by molar-refractivity contribution is 7.84. The first-order valence-electron chi connectivity index (χ1n) is 5.77. The van der Waals surface area contributed by atoms with Crippen molar-refractivity contribution in [2.24, 2.45) is 0 Å². The maximum atomic E-state index is 11.3. The van der Waals surface area contributed by atoms with Crippen LogP contribution in [-0.2, 0) is 10.8 Å². The SMILES string of the molecule is CC(CNc1nc2ccccn2c1C(=O)O)S(C)=O. The lowest BCUT2D eigenvalue weighted by atomic mass is 10.4. The van der Waals surface area contributed by atoms with Crippen LogP contribution in [0.25, 0.3) is 5.65 Å². The number of nitrogens with zero attached hydrogens (tertiary/aromatic N) is 2. The lowest BCUT2D eigenvalue weighted by Gasteiger charge is -2.09. The molecule has 0 bridgehead atoms. The first-order chi connectivity index (χ1) is 9.00. The molecule has 2 rings (SSSR count). The van der Waals surface area contributed by atoms with Gasteiger partial charge in [-0.1, -0.05) is 6.07 Å². The van der Waals surface area contributed by atoms with Gasteiger partial charge < -0.3 is 10.4 Å². The molecule has 0 aliphatic rings. The molecule has 6 nitrogen and oxygen atoms in total. The number of pyridine rings is 1. The van der Waals surface area contributed by atoms with E-state index in [1.165, 1.54) is 4.40 Å². The van der Waals surface area contributed by atoms with Gasteiger partial charge in [0.1, 0.15) is 5.65 Å². The summed E-state index contributed by atoms with van der Waals surface area (Å²) in [7, 11) is -0.964. The molecule has 0 amide bonds. The quantitative estimate of drug-likeness (QED) is 0.860. The van der Waals surface area contributed by atoms with Crippen molar-refractivity contribution in [2.45, 2.75) is 12.2 Å². The topological polar surface area (TPSA) is 83.7 Å². The van der Waals surface area contributed by atoms with Crippen LogP contribution in [0.2, 0.25) is 0 Å². The fraction of sp³-hybridized carbons (Fsp3) is 0.333. The summed E-state index contributed by atoms with van der Waals surface area (Å²) in [5, 5.41) is 12.1. The minimum Gasteiger partial charge on any atom is -0.476 e. The van der Waals surface area contributed by atoms with E-state index in [9.17, 15) is 14.1 Å². The van der Waals surface area contributed by atoms with Crippen molar-refractivity contribution in [3.8, 4) is 0 Å². The standard InChI is InChI=1S/C12H15N3O3S/c1-8(19(2)18)7-13-11-10(12(16)17)15-6-4-3-5-9(15)14-11/h3-6,8,13H,7H2,1-2H3,(H,16,17). The van der Waals surface area contributed by atoms with Crippen LogP contribution in [0.5, 0.6) is 0 Å². The molecule has 19 heavy (non-hydrogen) atoms. The van der Waals surface area contributed by atoms with Gasteiger partial charge in [0.05, 0.1) is 0 Å². The number of hydrogen-bond donors (Lipinski definition) is 2. The zero-order chi connectivity index (χ0) is 14.0. The lowest BCUT2D eigenvalue weighted by molar-refractivity contribution is 0.0690. The molecular formula is C12H15N3O3S. The zero-order valence-corrected chi connectivity index (χ0v) is 11.5. The number of imidazole rings is 1. The van der Waals surface area contributed by atoms with Crippen LogP contribution in [0.3, 0.4) is 0 Å². The minimum absolute atomic E-state index is 0.0774. The second-order valence-electron chi connectivity index (χ2n) is 4.23. The molecule has 2 unspecified atom stereocenters. The van der Waals surface area contributed by atoms with Crippen LogP contribution in [0.4, 0.5) is 5.82 Å². The monoisotopic (exact) mass is 281 g/mol. The molecule has 2 heterocycles. The Balaban J connectivity index is 2.34. The van der Waals surface area contributed by atoms with E-state index in [0.717, 1.165) is 0 Å². The van der Waals surface area contributed by atoms with Gasteiger partial charge in [0.25, 0.3) is 0 Å². The van der Waals surface area contributed by atoms with Gasteiger partial charge in [-0.05, 0) is 19.1 Å². The van der Waals surface area contributed by atoms with Crippen molar-refractivity contribution in [3.05, 3.63) is 30.1 Å². The summed E-state index contributed by atoms with van der Waals surface area (Å²) in [4.78, 5) is 15.6. The van der Waals surface area contributed by atoms with Gasteiger partial charge >= 0.3 is 5.97 Å². The predicted octanol–water partition coefficient (Wildman–Crippen LogP) is 1.21. The molecule has 2 N–H and O–H groups in total. The van der Waals surface area contributed by atoms with Crippen LogP contribution in [-0.4, -0.2) is 42.7 Å². The molecule has 0 radical (unpaired) electrons. The summed E-state index contributed by atoms with van der Waals surface area (Å²) >= 11 is 0. The second kappa shape index (κ2) is 5.40. The Labute approximate surface area is 112 Å². The summed E-state index contributed by atoms with van der Waals surface area (Å²) in [6, 6.07) is 5.27. The zero-order valence-electron chi connectivity index (χ0n) is 10.7. The van der Waals surface area contributed by atoms with E-state index in [2.05, 4.69) is 10.3 Å². The third-order valence-electron chi connectivity index (χ3n) is 2.86. The van der Waals surface area contributed by atoms with Crippen molar-refractivity contribution in [1.82, 2.24) is 9.38 Å². The van der Waals surface area contributed by atoms with Crippen molar-refractivity contribution in [1.29, 1.82) is 0 Å². The first kappa shape index (κ1) is 13.5. The van der Waals surface area contributed by atoms with Crippen LogP contribution in [0.1, 0.15) is 17.4 Å². The number of fused-ring (bicyclic) bond motifs is 1. The van der Waals surface area contributed by atoms with E-state index in [-0.39, 0.29) is 10.9 Å². The second-order valence-corrected chi connectivity index (χ2v) is 6.04. The molecular weight excluding hydrogens is 266 g/mol. The molecule has 0 aliphatic heterocycles. The first-order valence-corrected chi connectivity index (χ1v) is 7.39. The van der Waals surface area contributed by atoms with Gasteiger partial charge in [-0.15, -0.1) is 0 Å². The Morgan fingerprint density at radius 3 is 2.95 bits per heavy atom. The minimum atomic E-state index is -1.05. The lowest BCUT2D eigenvalue weighted by Crippen LogP contribution is -2.21. The number of aromatic nitrogens is 2. The fourth-order valence-electron chi connectivity index (χ4n) is 1.68. The van der Waals surface area contributed by atoms with Crippen molar-refractivity contribution in [3.63, 3.8) is 0 Å². The summed E-state index contributed by atoms with van der Waals surface area (Å²) in [5.41, 5.74) is 0.650. The number of rotatable bonds is 5. The van der Waals surface area contributed by atoms with Crippen LogP contribution >= 0.6 is 0 Å². The van der Waals surface area contributed by atoms with Crippen LogP contribution < -0.4 is 5.32 Å². The molecule has 0 aromatic carbocycles. The van der Waals surface area contributed by atoms with Gasteiger partial charge in [0, 0.05) is 35.0 Å². The van der Waals surface area contributed by atoms with E-state index in [4.69, 9.17) is 0 Å². The number of nitrogens with one attached hydrogen (secondary N) is 1. The number of hydrogen-bond acceptors (Lipinski definition) is 4. The van der Waals surface area contributed by atoms with Gasteiger partial charge in [-0.3, -0.25) is 8.61 Å². The highest BCUT2D eigenvalue weighted by Gasteiger charge is 2.18. The third kappa shape index (κ3) is 2.76. The van der Waals surface area contributed by atoms with Crippen LogP contribution in [0, 0.1) is 0 Å².